The zero-order valence-electron chi connectivity index (χ0n) is 11.1. The molecule has 0 aliphatic rings. The molecular weight excluding hydrogens is 234 g/mol. The van der Waals surface area contributed by atoms with Gasteiger partial charge in [-0.25, -0.2) is 0 Å². The average molecular weight is 256 g/mol. The number of rotatable bonds is 6. The zero-order chi connectivity index (χ0) is 12.8. The summed E-state index contributed by atoms with van der Waals surface area (Å²) in [6, 6.07) is 6.25. The standard InChI is InChI=1S/C14H22ClNO/c1-5-13(10(2)3)16-9-11-8-12(15)6-7-14(11)17-4/h6-8,10,13,16H,5,9H2,1-4H3. The molecule has 0 radical (unpaired) electrons. The van der Waals surface area contributed by atoms with Crippen molar-refractivity contribution in [1.29, 1.82) is 0 Å². The molecule has 0 heterocycles. The highest BCUT2D eigenvalue weighted by Gasteiger charge is 2.11. The third-order valence-corrected chi connectivity index (χ3v) is 3.28. The summed E-state index contributed by atoms with van der Waals surface area (Å²) in [4.78, 5) is 0. The lowest BCUT2D eigenvalue weighted by Crippen LogP contribution is -2.32. The van der Waals surface area contributed by atoms with Crippen LogP contribution in [0.2, 0.25) is 5.02 Å². The highest BCUT2D eigenvalue weighted by atomic mass is 35.5. The summed E-state index contributed by atoms with van der Waals surface area (Å²) in [5.41, 5.74) is 1.11. The van der Waals surface area contributed by atoms with Crippen molar-refractivity contribution >= 4 is 11.6 Å². The van der Waals surface area contributed by atoms with Crippen molar-refractivity contribution in [2.45, 2.75) is 39.8 Å². The van der Waals surface area contributed by atoms with Gasteiger partial charge in [-0.2, -0.15) is 0 Å². The second kappa shape index (κ2) is 6.87. The molecule has 96 valence electrons. The predicted molar refractivity (Wildman–Crippen MR) is 73.8 cm³/mol. The van der Waals surface area contributed by atoms with Gasteiger partial charge in [0.2, 0.25) is 0 Å². The molecule has 1 unspecified atom stereocenters. The second-order valence-corrected chi connectivity index (χ2v) is 5.03. The first-order valence-corrected chi connectivity index (χ1v) is 6.52. The Labute approximate surface area is 109 Å². The minimum atomic E-state index is 0.527. The second-order valence-electron chi connectivity index (χ2n) is 4.60. The van der Waals surface area contributed by atoms with Crippen LogP contribution >= 0.6 is 11.6 Å². The summed E-state index contributed by atoms with van der Waals surface area (Å²) in [6.07, 6.45) is 1.13. The van der Waals surface area contributed by atoms with E-state index in [1.54, 1.807) is 7.11 Å². The molecule has 1 N–H and O–H groups in total. The summed E-state index contributed by atoms with van der Waals surface area (Å²) >= 11 is 6.00. The largest absolute Gasteiger partial charge is 0.496 e. The van der Waals surface area contributed by atoms with Crippen LogP contribution in [-0.4, -0.2) is 13.2 Å². The van der Waals surface area contributed by atoms with E-state index in [1.807, 2.05) is 18.2 Å². The monoisotopic (exact) mass is 255 g/mol. The van der Waals surface area contributed by atoms with Crippen LogP contribution in [0, 0.1) is 5.92 Å². The summed E-state index contributed by atoms with van der Waals surface area (Å²) in [7, 11) is 1.69. The summed E-state index contributed by atoms with van der Waals surface area (Å²) in [5, 5.41) is 4.30. The number of hydrogen-bond acceptors (Lipinski definition) is 2. The Balaban J connectivity index is 2.70. The average Bonchev–Trinajstić information content (AvgIpc) is 2.29. The molecule has 3 heteroatoms. The molecule has 0 aliphatic carbocycles. The maximum absolute atomic E-state index is 6.00. The summed E-state index contributed by atoms with van der Waals surface area (Å²) in [5.74, 6) is 1.52. The molecule has 2 nitrogen and oxygen atoms in total. The molecule has 1 rings (SSSR count). The SMILES string of the molecule is CCC(NCc1cc(Cl)ccc1OC)C(C)C. The van der Waals surface area contributed by atoms with E-state index in [0.29, 0.717) is 12.0 Å². The molecule has 0 amide bonds. The lowest BCUT2D eigenvalue weighted by molar-refractivity contribution is 0.375. The zero-order valence-corrected chi connectivity index (χ0v) is 11.8. The third-order valence-electron chi connectivity index (χ3n) is 3.04. The van der Waals surface area contributed by atoms with Gasteiger partial charge in [0.1, 0.15) is 5.75 Å². The molecule has 0 spiro atoms. The summed E-state index contributed by atoms with van der Waals surface area (Å²) < 4.78 is 5.33. The van der Waals surface area contributed by atoms with E-state index in [1.165, 1.54) is 0 Å². The van der Waals surface area contributed by atoms with E-state index >= 15 is 0 Å². The van der Waals surface area contributed by atoms with Gasteiger partial charge >= 0.3 is 0 Å². The van der Waals surface area contributed by atoms with Gasteiger partial charge in [0, 0.05) is 23.2 Å². The fourth-order valence-corrected chi connectivity index (χ4v) is 2.17. The van der Waals surface area contributed by atoms with E-state index < -0.39 is 0 Å². The van der Waals surface area contributed by atoms with Crippen LogP contribution in [0.1, 0.15) is 32.8 Å². The van der Waals surface area contributed by atoms with Crippen LogP contribution in [0.3, 0.4) is 0 Å². The third kappa shape index (κ3) is 4.21. The topological polar surface area (TPSA) is 21.3 Å². The number of halogens is 1. The Bertz CT molecular complexity index is 352. The first kappa shape index (κ1) is 14.3. The summed E-state index contributed by atoms with van der Waals surface area (Å²) in [6.45, 7) is 7.46. The Kier molecular flexibility index (Phi) is 5.79. The van der Waals surface area contributed by atoms with Crippen LogP contribution in [0.5, 0.6) is 5.75 Å². The minimum absolute atomic E-state index is 0.527. The minimum Gasteiger partial charge on any atom is -0.496 e. The highest BCUT2D eigenvalue weighted by Crippen LogP contribution is 2.22. The molecule has 17 heavy (non-hydrogen) atoms. The molecule has 0 aliphatic heterocycles. The molecule has 0 saturated carbocycles. The number of hydrogen-bond donors (Lipinski definition) is 1. The van der Waals surface area contributed by atoms with Crippen LogP contribution < -0.4 is 10.1 Å². The van der Waals surface area contributed by atoms with Crippen LogP contribution in [0.25, 0.3) is 0 Å². The number of benzene rings is 1. The van der Waals surface area contributed by atoms with Crippen molar-refractivity contribution in [3.63, 3.8) is 0 Å². The molecule has 1 atom stereocenters. The van der Waals surface area contributed by atoms with E-state index in [-0.39, 0.29) is 0 Å². The van der Waals surface area contributed by atoms with E-state index in [4.69, 9.17) is 16.3 Å². The van der Waals surface area contributed by atoms with Gasteiger partial charge in [-0.3, -0.25) is 0 Å². The van der Waals surface area contributed by atoms with Gasteiger partial charge in [-0.05, 0) is 30.5 Å². The fraction of sp³-hybridized carbons (Fsp3) is 0.571. The van der Waals surface area contributed by atoms with Gasteiger partial charge in [0.15, 0.2) is 0 Å². The fourth-order valence-electron chi connectivity index (χ4n) is 1.98. The predicted octanol–water partition coefficient (Wildman–Crippen LogP) is 3.87. The first-order valence-electron chi connectivity index (χ1n) is 6.14. The van der Waals surface area contributed by atoms with E-state index in [9.17, 15) is 0 Å². The molecule has 0 saturated heterocycles. The van der Waals surface area contributed by atoms with Crippen molar-refractivity contribution in [2.75, 3.05) is 7.11 Å². The normalized spacial score (nSPS) is 12.8. The smallest absolute Gasteiger partial charge is 0.123 e. The van der Waals surface area contributed by atoms with E-state index in [0.717, 1.165) is 29.3 Å². The molecule has 0 bridgehead atoms. The number of methoxy groups -OCH3 is 1. The maximum atomic E-state index is 6.00. The lowest BCUT2D eigenvalue weighted by Gasteiger charge is -2.21. The molecule has 1 aromatic rings. The maximum Gasteiger partial charge on any atom is 0.123 e. The molecule has 0 fully saturated rings. The lowest BCUT2D eigenvalue weighted by atomic mass is 10.0. The van der Waals surface area contributed by atoms with Crippen molar-refractivity contribution < 1.29 is 4.74 Å². The molecule has 1 aromatic carbocycles. The first-order chi connectivity index (χ1) is 8.08. The van der Waals surface area contributed by atoms with Crippen LogP contribution in [0.4, 0.5) is 0 Å². The van der Waals surface area contributed by atoms with Crippen molar-refractivity contribution in [2.24, 2.45) is 5.92 Å². The van der Waals surface area contributed by atoms with Gasteiger partial charge < -0.3 is 10.1 Å². The van der Waals surface area contributed by atoms with Crippen molar-refractivity contribution in [3.05, 3.63) is 28.8 Å². The Hall–Kier alpha value is -0.730. The van der Waals surface area contributed by atoms with Crippen LogP contribution in [-0.2, 0) is 6.54 Å². The van der Waals surface area contributed by atoms with Gasteiger partial charge in [-0.15, -0.1) is 0 Å². The number of nitrogens with one attached hydrogen (secondary N) is 1. The molecule has 0 aromatic heterocycles. The highest BCUT2D eigenvalue weighted by molar-refractivity contribution is 6.30. The van der Waals surface area contributed by atoms with Crippen LogP contribution in [0.15, 0.2) is 18.2 Å². The Morgan fingerprint density at radius 3 is 2.59 bits per heavy atom. The molecular formula is C14H22ClNO. The Morgan fingerprint density at radius 1 is 1.35 bits per heavy atom. The van der Waals surface area contributed by atoms with E-state index in [2.05, 4.69) is 26.1 Å². The number of ether oxygens (including phenoxy) is 1. The van der Waals surface area contributed by atoms with Crippen molar-refractivity contribution in [3.8, 4) is 5.75 Å². The van der Waals surface area contributed by atoms with Gasteiger partial charge in [0.05, 0.1) is 7.11 Å². The van der Waals surface area contributed by atoms with Gasteiger partial charge in [0.25, 0.3) is 0 Å². The Morgan fingerprint density at radius 2 is 2.06 bits per heavy atom. The quantitative estimate of drug-likeness (QED) is 0.833. The van der Waals surface area contributed by atoms with Crippen molar-refractivity contribution in [1.82, 2.24) is 5.32 Å². The van der Waals surface area contributed by atoms with Gasteiger partial charge in [-0.1, -0.05) is 32.4 Å².